The van der Waals surface area contributed by atoms with E-state index in [0.29, 0.717) is 84.5 Å². The van der Waals surface area contributed by atoms with Gasteiger partial charge in [0.05, 0.1) is 77.2 Å². The maximum absolute atomic E-state index is 12.8. The Kier molecular flexibility index (Phi) is 16.4. The van der Waals surface area contributed by atoms with Crippen LogP contribution in [0.1, 0.15) is 103 Å². The first kappa shape index (κ1) is 44.6. The van der Waals surface area contributed by atoms with Gasteiger partial charge in [0.25, 0.3) is 0 Å². The number of carbonyl (C=O) groups excluding carboxylic acids is 3. The van der Waals surface area contributed by atoms with E-state index in [1.165, 1.54) is 0 Å². The number of esters is 3. The number of carbonyl (C=O) groups is 3. The molecule has 8 aliphatic rings. The van der Waals surface area contributed by atoms with E-state index in [1.54, 1.807) is 0 Å². The molecule has 0 radical (unpaired) electrons. The van der Waals surface area contributed by atoms with Crippen LogP contribution in [0.25, 0.3) is 0 Å². The minimum Gasteiger partial charge on any atom is -0.463 e. The molecule has 4 atom stereocenters. The first-order valence-corrected chi connectivity index (χ1v) is 23.4. The minimum atomic E-state index is -1.70. The summed E-state index contributed by atoms with van der Waals surface area (Å²) in [6.45, 7) is 6.83. The molecule has 8 rings (SSSR count). The Bertz CT molecular complexity index is 1210. The zero-order valence-electron chi connectivity index (χ0n) is 35.6. The van der Waals surface area contributed by atoms with E-state index in [9.17, 15) is 14.4 Å². The van der Waals surface area contributed by atoms with Crippen molar-refractivity contribution in [1.29, 1.82) is 0 Å². The third-order valence-electron chi connectivity index (χ3n) is 14.0. The predicted octanol–water partition coefficient (Wildman–Crippen LogP) is 5.13. The smallest absolute Gasteiger partial charge is 0.412 e. The van der Waals surface area contributed by atoms with Crippen LogP contribution in [-0.4, -0.2) is 134 Å². The fourth-order valence-corrected chi connectivity index (χ4v) is 9.29. The SMILES string of the molecule is O=C(OCC1CO1)C1CCC(COC(OCC2CCC(COCC3CO3)CC2)(OCC2CCC(C(=O)OCC3CO3)CC2)OCC2CCC(C(=O)OCC3CO3)CC2)CC1. The first-order chi connectivity index (χ1) is 29.3. The van der Waals surface area contributed by atoms with Gasteiger partial charge in [0, 0.05) is 6.61 Å². The molecule has 4 aliphatic carbocycles. The molecule has 0 N–H and O–H groups in total. The van der Waals surface area contributed by atoms with E-state index < -0.39 is 6.16 Å². The van der Waals surface area contributed by atoms with Crippen LogP contribution in [0.2, 0.25) is 0 Å². The second-order valence-corrected chi connectivity index (χ2v) is 19.0. The Balaban J connectivity index is 0.878. The maximum Gasteiger partial charge on any atom is 0.412 e. The molecule has 4 saturated heterocycles. The van der Waals surface area contributed by atoms with Gasteiger partial charge in [-0.1, -0.05) is 0 Å². The Labute approximate surface area is 355 Å². The third kappa shape index (κ3) is 14.8. The lowest BCUT2D eigenvalue weighted by atomic mass is 9.82. The van der Waals surface area contributed by atoms with Crippen molar-refractivity contribution in [2.75, 3.05) is 85.9 Å². The predicted molar refractivity (Wildman–Crippen MR) is 211 cm³/mol. The molecule has 4 saturated carbocycles. The zero-order valence-corrected chi connectivity index (χ0v) is 35.6. The van der Waals surface area contributed by atoms with Crippen LogP contribution in [0.15, 0.2) is 0 Å². The van der Waals surface area contributed by atoms with Gasteiger partial charge < -0.3 is 56.8 Å². The lowest BCUT2D eigenvalue weighted by molar-refractivity contribution is -0.506. The maximum atomic E-state index is 12.8. The summed E-state index contributed by atoms with van der Waals surface area (Å²) in [7, 11) is 0. The van der Waals surface area contributed by atoms with Gasteiger partial charge in [-0.3, -0.25) is 14.4 Å². The van der Waals surface area contributed by atoms with E-state index in [2.05, 4.69) is 0 Å². The molecule has 340 valence electrons. The van der Waals surface area contributed by atoms with Crippen LogP contribution in [0.4, 0.5) is 0 Å². The summed E-state index contributed by atoms with van der Waals surface area (Å²) < 4.78 is 70.5. The molecule has 60 heavy (non-hydrogen) atoms. The van der Waals surface area contributed by atoms with Crippen LogP contribution in [0.5, 0.6) is 0 Å². The molecule has 4 heterocycles. The van der Waals surface area contributed by atoms with Gasteiger partial charge in [-0.25, -0.2) is 0 Å². The topological polar surface area (TPSA) is 175 Å². The monoisotopic (exact) mass is 850 g/mol. The number of hydrogen-bond donors (Lipinski definition) is 0. The van der Waals surface area contributed by atoms with Gasteiger partial charge in [0.2, 0.25) is 0 Å². The normalized spacial score (nSPS) is 37.0. The Hall–Kier alpha value is -1.95. The second-order valence-electron chi connectivity index (χ2n) is 19.0. The standard InChI is InChI=1S/C45H70O15/c46-42(54-27-39-24-51-39)35-11-5-32(6-12-35)19-58-45(57-18-31-3-1-30(2-4-31)17-49-22-38-23-50-38,59-20-33-7-13-36(14-8-33)43(47)55-28-40-25-52-40)60-21-34-9-15-37(16-10-34)44(48)56-29-41-26-53-41/h30-41H,1-29H2. The van der Waals surface area contributed by atoms with Crippen molar-refractivity contribution in [3.63, 3.8) is 0 Å². The van der Waals surface area contributed by atoms with E-state index in [1.807, 2.05) is 0 Å². The molecule has 0 aromatic heterocycles. The average molecular weight is 851 g/mol. The average Bonchev–Trinajstić information content (AvgIpc) is 4.06. The zero-order chi connectivity index (χ0) is 41.2. The number of rotatable bonds is 25. The highest BCUT2D eigenvalue weighted by Crippen LogP contribution is 2.37. The molecular weight excluding hydrogens is 780 g/mol. The van der Waals surface area contributed by atoms with E-state index in [4.69, 9.17) is 56.8 Å². The van der Waals surface area contributed by atoms with E-state index >= 15 is 0 Å². The van der Waals surface area contributed by atoms with Crippen molar-refractivity contribution >= 4 is 17.9 Å². The molecule has 15 heteroatoms. The largest absolute Gasteiger partial charge is 0.463 e. The first-order valence-electron chi connectivity index (χ1n) is 23.4. The highest BCUT2D eigenvalue weighted by atomic mass is 17.0. The lowest BCUT2D eigenvalue weighted by Crippen LogP contribution is -2.47. The van der Waals surface area contributed by atoms with Gasteiger partial charge in [-0.15, -0.1) is 0 Å². The van der Waals surface area contributed by atoms with Gasteiger partial charge >= 0.3 is 24.1 Å². The van der Waals surface area contributed by atoms with Crippen molar-refractivity contribution in [2.24, 2.45) is 47.3 Å². The number of epoxide rings is 4. The van der Waals surface area contributed by atoms with Gasteiger partial charge in [-0.2, -0.15) is 0 Å². The second kappa shape index (κ2) is 22.1. The lowest BCUT2D eigenvalue weighted by Gasteiger charge is -2.39. The molecule has 0 aromatic carbocycles. The third-order valence-corrected chi connectivity index (χ3v) is 14.0. The molecule has 15 nitrogen and oxygen atoms in total. The van der Waals surface area contributed by atoms with Gasteiger partial charge in [0.15, 0.2) is 0 Å². The summed E-state index contributed by atoms with van der Waals surface area (Å²) in [4.78, 5) is 38.3. The Morgan fingerprint density at radius 1 is 0.350 bits per heavy atom. The summed E-state index contributed by atoms with van der Waals surface area (Å²) in [6, 6.07) is 0. The van der Waals surface area contributed by atoms with Crippen molar-refractivity contribution in [3.8, 4) is 0 Å². The molecule has 4 aliphatic heterocycles. The summed E-state index contributed by atoms with van der Waals surface area (Å²) >= 11 is 0. The highest BCUT2D eigenvalue weighted by Gasteiger charge is 2.42. The summed E-state index contributed by atoms with van der Waals surface area (Å²) in [5.74, 6) is 0.751. The Morgan fingerprint density at radius 3 is 0.883 bits per heavy atom. The van der Waals surface area contributed by atoms with Crippen molar-refractivity contribution in [1.82, 2.24) is 0 Å². The fourth-order valence-electron chi connectivity index (χ4n) is 9.29. The highest BCUT2D eigenvalue weighted by molar-refractivity contribution is 5.73. The molecule has 0 aromatic rings. The van der Waals surface area contributed by atoms with Gasteiger partial charge in [-0.05, 0) is 132 Å². The molecule has 4 unspecified atom stereocenters. The van der Waals surface area contributed by atoms with Crippen LogP contribution in [0, 0.1) is 47.3 Å². The van der Waals surface area contributed by atoms with Crippen molar-refractivity contribution in [2.45, 2.75) is 133 Å². The van der Waals surface area contributed by atoms with Crippen LogP contribution in [-0.2, 0) is 71.2 Å². The van der Waals surface area contributed by atoms with Crippen LogP contribution in [0.3, 0.4) is 0 Å². The Morgan fingerprint density at radius 2 is 0.600 bits per heavy atom. The van der Waals surface area contributed by atoms with Gasteiger partial charge in [0.1, 0.15) is 44.2 Å². The fraction of sp³-hybridized carbons (Fsp3) is 0.933. The molecular formula is C45H70O15. The number of hydrogen-bond acceptors (Lipinski definition) is 15. The quantitative estimate of drug-likeness (QED) is 0.0511. The van der Waals surface area contributed by atoms with E-state index in [0.717, 1.165) is 116 Å². The number of ether oxygens (including phenoxy) is 12. The van der Waals surface area contributed by atoms with Crippen molar-refractivity contribution < 1.29 is 71.2 Å². The summed E-state index contributed by atoms with van der Waals surface area (Å²) in [5.41, 5.74) is 0. The minimum absolute atomic E-state index is 0.0569. The van der Waals surface area contributed by atoms with E-state index in [-0.39, 0.29) is 77.8 Å². The molecule has 0 bridgehead atoms. The summed E-state index contributed by atoms with van der Waals surface area (Å²) in [6.07, 6.45) is 12.4. The molecule has 8 fully saturated rings. The van der Waals surface area contributed by atoms with Crippen LogP contribution < -0.4 is 0 Å². The molecule has 0 spiro atoms. The molecule has 0 amide bonds. The van der Waals surface area contributed by atoms with Crippen LogP contribution >= 0.6 is 0 Å². The summed E-state index contributed by atoms with van der Waals surface area (Å²) in [5, 5.41) is 0. The van der Waals surface area contributed by atoms with Crippen molar-refractivity contribution in [3.05, 3.63) is 0 Å².